The number of morpholine rings is 1. The van der Waals surface area contributed by atoms with Crippen molar-refractivity contribution in [2.24, 2.45) is 0 Å². The smallest absolute Gasteiger partial charge is 0.319 e. The molecule has 1 N–H and O–H groups in total. The van der Waals surface area contributed by atoms with Crippen molar-refractivity contribution in [3.05, 3.63) is 48.4 Å². The first-order chi connectivity index (χ1) is 20.5. The number of aromatic hydroxyl groups is 1. The van der Waals surface area contributed by atoms with Crippen LogP contribution in [0.4, 0.5) is 10.2 Å². The molecule has 0 amide bonds. The summed E-state index contributed by atoms with van der Waals surface area (Å²) in [7, 11) is 0. The van der Waals surface area contributed by atoms with Crippen LogP contribution < -0.4 is 9.64 Å². The molecule has 4 fully saturated rings. The Balaban J connectivity index is 1.25. The number of phenols is 1. The Morgan fingerprint density at radius 2 is 1.76 bits per heavy atom. The highest BCUT2D eigenvalue weighted by atomic mass is 19.1. The molecule has 4 aromatic rings. The number of ether oxygens (including phenoxy) is 2. The molecule has 5 heterocycles. The summed E-state index contributed by atoms with van der Waals surface area (Å²) in [5.74, 6) is 0.169. The molecule has 0 unspecified atom stereocenters. The lowest BCUT2D eigenvalue weighted by molar-refractivity contribution is -0.0503. The Kier molecular flexibility index (Phi) is 6.23. The van der Waals surface area contributed by atoms with Crippen molar-refractivity contribution < 1.29 is 19.0 Å². The molecule has 0 bridgehead atoms. The normalized spacial score (nSPS) is 21.5. The minimum Gasteiger partial charge on any atom is -0.508 e. The number of hydrogen-bond acceptors (Lipinski definition) is 8. The van der Waals surface area contributed by atoms with E-state index in [4.69, 9.17) is 19.4 Å². The summed E-state index contributed by atoms with van der Waals surface area (Å²) in [5.41, 5.74) is 0.696. The molecule has 8 rings (SSSR count). The fourth-order valence-corrected chi connectivity index (χ4v) is 8.01. The van der Waals surface area contributed by atoms with E-state index < -0.39 is 5.82 Å². The number of halogens is 1. The van der Waals surface area contributed by atoms with E-state index in [1.165, 1.54) is 12.8 Å². The van der Waals surface area contributed by atoms with E-state index in [1.807, 2.05) is 24.3 Å². The first-order valence-corrected chi connectivity index (χ1v) is 15.4. The van der Waals surface area contributed by atoms with E-state index in [-0.39, 0.29) is 34.1 Å². The van der Waals surface area contributed by atoms with Gasteiger partial charge in [-0.1, -0.05) is 37.1 Å². The van der Waals surface area contributed by atoms with E-state index in [1.54, 1.807) is 18.3 Å². The number of aromatic nitrogens is 3. The third-order valence-electron chi connectivity index (χ3n) is 10.1. The van der Waals surface area contributed by atoms with Crippen molar-refractivity contribution in [3.8, 4) is 23.0 Å². The zero-order chi connectivity index (χ0) is 28.3. The Labute approximate surface area is 244 Å². The molecular formula is C33H36FN5O3. The molecule has 3 saturated heterocycles. The van der Waals surface area contributed by atoms with Crippen LogP contribution in [0.15, 0.2) is 42.6 Å². The van der Waals surface area contributed by atoms with E-state index >= 15 is 4.39 Å². The highest BCUT2D eigenvalue weighted by Gasteiger charge is 2.45. The van der Waals surface area contributed by atoms with Gasteiger partial charge in [-0.3, -0.25) is 9.88 Å². The van der Waals surface area contributed by atoms with Crippen LogP contribution in [0.5, 0.6) is 11.8 Å². The van der Waals surface area contributed by atoms with E-state index in [9.17, 15) is 5.11 Å². The van der Waals surface area contributed by atoms with Crippen molar-refractivity contribution in [1.29, 1.82) is 0 Å². The third kappa shape index (κ3) is 4.28. The lowest BCUT2D eigenvalue weighted by Crippen LogP contribution is -2.50. The van der Waals surface area contributed by atoms with Gasteiger partial charge in [-0.05, 0) is 74.5 Å². The Hall–Kier alpha value is -3.56. The zero-order valence-electron chi connectivity index (χ0n) is 23.8. The molecular weight excluding hydrogens is 533 g/mol. The van der Waals surface area contributed by atoms with Gasteiger partial charge in [-0.2, -0.15) is 9.97 Å². The molecule has 3 aliphatic heterocycles. The Bertz CT molecular complexity index is 1660. The molecule has 1 spiro atoms. The Morgan fingerprint density at radius 1 is 0.952 bits per heavy atom. The molecule has 4 aliphatic rings. The molecule has 1 aliphatic carbocycles. The summed E-state index contributed by atoms with van der Waals surface area (Å²) >= 11 is 0. The van der Waals surface area contributed by atoms with Crippen LogP contribution in [0.1, 0.15) is 51.4 Å². The number of phenolic OH excluding ortho intramolecular Hbond substituents is 1. The standard InChI is InChI=1S/C33H36FN5O3/c34-27-28(25-18-23(40)17-22-7-1-2-8-24(22)25)35-19-26-29(27)36-31(41-21-32-9-5-13-39(32)14-6-10-32)37-30(26)38-15-16-42-33(20-38)11-3-4-12-33/h1-2,7-8,17-19,40H,3-6,9-16,20-21H2. The van der Waals surface area contributed by atoms with Crippen LogP contribution in [0.2, 0.25) is 0 Å². The van der Waals surface area contributed by atoms with Gasteiger partial charge in [-0.15, -0.1) is 0 Å². The summed E-state index contributed by atoms with van der Waals surface area (Å²) in [5, 5.41) is 12.6. The van der Waals surface area contributed by atoms with E-state index in [2.05, 4.69) is 14.8 Å². The predicted molar refractivity (Wildman–Crippen MR) is 160 cm³/mol. The number of fused-ring (bicyclic) bond motifs is 3. The van der Waals surface area contributed by atoms with Gasteiger partial charge in [0.25, 0.3) is 0 Å². The molecule has 2 aromatic heterocycles. The molecule has 218 valence electrons. The number of anilines is 1. The average molecular weight is 570 g/mol. The van der Waals surface area contributed by atoms with Gasteiger partial charge in [0.05, 0.1) is 23.1 Å². The second-order valence-electron chi connectivity index (χ2n) is 12.6. The Morgan fingerprint density at radius 3 is 2.60 bits per heavy atom. The summed E-state index contributed by atoms with van der Waals surface area (Å²) in [4.78, 5) is 19.0. The summed E-state index contributed by atoms with van der Waals surface area (Å²) in [6.45, 7) is 4.67. The van der Waals surface area contributed by atoms with Crippen LogP contribution in [0.25, 0.3) is 32.9 Å². The molecule has 42 heavy (non-hydrogen) atoms. The van der Waals surface area contributed by atoms with E-state index in [0.29, 0.717) is 43.1 Å². The summed E-state index contributed by atoms with van der Waals surface area (Å²) in [6, 6.07) is 11.1. The summed E-state index contributed by atoms with van der Waals surface area (Å²) < 4.78 is 29.3. The molecule has 1 saturated carbocycles. The average Bonchev–Trinajstić information content (AvgIpc) is 3.72. The van der Waals surface area contributed by atoms with Gasteiger partial charge in [-0.25, -0.2) is 4.39 Å². The maximum absolute atomic E-state index is 16.6. The largest absolute Gasteiger partial charge is 0.508 e. The lowest BCUT2D eigenvalue weighted by Gasteiger charge is -2.41. The van der Waals surface area contributed by atoms with Crippen LogP contribution >= 0.6 is 0 Å². The number of benzene rings is 2. The summed E-state index contributed by atoms with van der Waals surface area (Å²) in [6.07, 6.45) is 10.6. The monoisotopic (exact) mass is 569 g/mol. The van der Waals surface area contributed by atoms with Gasteiger partial charge in [0.15, 0.2) is 5.82 Å². The van der Waals surface area contributed by atoms with Crippen molar-refractivity contribution in [2.45, 2.75) is 62.5 Å². The molecule has 0 radical (unpaired) electrons. The first-order valence-electron chi connectivity index (χ1n) is 15.4. The SMILES string of the molecule is Oc1cc(-c2ncc3c(N4CCOC5(CCCC5)C4)nc(OCC45CCCN4CCC5)nc3c2F)c2ccccc2c1. The van der Waals surface area contributed by atoms with Crippen LogP contribution in [0.3, 0.4) is 0 Å². The number of nitrogens with zero attached hydrogens (tertiary/aromatic N) is 5. The molecule has 2 aromatic carbocycles. The van der Waals surface area contributed by atoms with Crippen LogP contribution in [-0.2, 0) is 4.74 Å². The van der Waals surface area contributed by atoms with Gasteiger partial charge in [0.1, 0.15) is 29.4 Å². The van der Waals surface area contributed by atoms with Crippen LogP contribution in [0, 0.1) is 5.82 Å². The van der Waals surface area contributed by atoms with Gasteiger partial charge >= 0.3 is 6.01 Å². The van der Waals surface area contributed by atoms with Gasteiger partial charge in [0.2, 0.25) is 0 Å². The molecule has 8 nitrogen and oxygen atoms in total. The van der Waals surface area contributed by atoms with Crippen molar-refractivity contribution in [2.75, 3.05) is 44.3 Å². The van der Waals surface area contributed by atoms with Gasteiger partial charge in [0, 0.05) is 24.8 Å². The minimum absolute atomic E-state index is 0.0216. The third-order valence-corrected chi connectivity index (χ3v) is 10.1. The zero-order valence-corrected chi connectivity index (χ0v) is 23.8. The maximum atomic E-state index is 16.6. The molecule has 0 atom stereocenters. The van der Waals surface area contributed by atoms with Crippen LogP contribution in [-0.4, -0.2) is 75.5 Å². The quantitative estimate of drug-likeness (QED) is 0.321. The predicted octanol–water partition coefficient (Wildman–Crippen LogP) is 5.85. The highest BCUT2D eigenvalue weighted by molar-refractivity contribution is 5.99. The fraction of sp³-hybridized carbons (Fsp3) is 0.485. The topological polar surface area (TPSA) is 83.8 Å². The van der Waals surface area contributed by atoms with Gasteiger partial charge < -0.3 is 19.5 Å². The molecule has 9 heteroatoms. The van der Waals surface area contributed by atoms with Crippen molar-refractivity contribution in [1.82, 2.24) is 19.9 Å². The highest BCUT2D eigenvalue weighted by Crippen LogP contribution is 2.42. The number of pyridine rings is 1. The maximum Gasteiger partial charge on any atom is 0.319 e. The minimum atomic E-state index is -0.540. The fourth-order valence-electron chi connectivity index (χ4n) is 8.01. The van der Waals surface area contributed by atoms with E-state index in [0.717, 1.165) is 62.4 Å². The van der Waals surface area contributed by atoms with Crippen molar-refractivity contribution >= 4 is 27.5 Å². The number of hydrogen-bond donors (Lipinski definition) is 1. The first kappa shape index (κ1) is 26.1. The second-order valence-corrected chi connectivity index (χ2v) is 12.6. The lowest BCUT2D eigenvalue weighted by atomic mass is 9.95. The number of rotatable bonds is 5. The second kappa shape index (κ2) is 10.0. The van der Waals surface area contributed by atoms with Crippen molar-refractivity contribution in [3.63, 3.8) is 0 Å².